The van der Waals surface area contributed by atoms with Crippen molar-refractivity contribution in [1.82, 2.24) is 10.3 Å². The second kappa shape index (κ2) is 6.34. The zero-order valence-corrected chi connectivity index (χ0v) is 13.9. The molecule has 0 spiro atoms. The number of aromatic nitrogens is 1. The van der Waals surface area contributed by atoms with Gasteiger partial charge in [0.05, 0.1) is 6.10 Å². The third-order valence-electron chi connectivity index (χ3n) is 4.65. The maximum Gasteiger partial charge on any atom is 0.149 e. The van der Waals surface area contributed by atoms with Crippen LogP contribution in [0.3, 0.4) is 0 Å². The Balaban J connectivity index is 1.38. The second-order valence-electron chi connectivity index (χ2n) is 6.35. The van der Waals surface area contributed by atoms with Crippen molar-refractivity contribution in [3.05, 3.63) is 11.6 Å². The molecule has 2 heterocycles. The van der Waals surface area contributed by atoms with Crippen LogP contribution in [0.2, 0.25) is 0 Å². The van der Waals surface area contributed by atoms with Gasteiger partial charge < -0.3 is 10.1 Å². The molecule has 0 radical (unpaired) electrons. The van der Waals surface area contributed by atoms with Crippen LogP contribution in [-0.2, 0) is 4.74 Å². The molecule has 0 aromatic carbocycles. The van der Waals surface area contributed by atoms with Crippen LogP contribution in [-0.4, -0.2) is 36.0 Å². The lowest BCUT2D eigenvalue weighted by atomic mass is 9.55. The lowest BCUT2D eigenvalue weighted by molar-refractivity contribution is -0.192. The van der Waals surface area contributed by atoms with Gasteiger partial charge in [0.2, 0.25) is 0 Å². The van der Waals surface area contributed by atoms with Crippen molar-refractivity contribution in [2.75, 3.05) is 18.9 Å². The van der Waals surface area contributed by atoms with Crippen molar-refractivity contribution in [2.45, 2.75) is 49.6 Å². The monoisotopic (exact) mass is 312 g/mol. The molecule has 1 N–H and O–H groups in total. The van der Waals surface area contributed by atoms with Gasteiger partial charge in [-0.15, -0.1) is 11.3 Å². The Bertz CT molecular complexity index is 422. The molecule has 2 aliphatic rings. The van der Waals surface area contributed by atoms with Crippen molar-refractivity contribution >= 4 is 23.1 Å². The smallest absolute Gasteiger partial charge is 0.149 e. The van der Waals surface area contributed by atoms with E-state index in [1.165, 1.54) is 23.6 Å². The van der Waals surface area contributed by atoms with E-state index in [-0.39, 0.29) is 0 Å². The van der Waals surface area contributed by atoms with Crippen molar-refractivity contribution < 1.29 is 4.74 Å². The van der Waals surface area contributed by atoms with Crippen LogP contribution in [0.4, 0.5) is 0 Å². The first-order valence-corrected chi connectivity index (χ1v) is 9.43. The number of thiazole rings is 1. The van der Waals surface area contributed by atoms with E-state index in [9.17, 15) is 0 Å². The maximum absolute atomic E-state index is 5.95. The van der Waals surface area contributed by atoms with E-state index >= 15 is 0 Å². The molecule has 20 heavy (non-hydrogen) atoms. The molecule has 2 fully saturated rings. The van der Waals surface area contributed by atoms with Crippen LogP contribution in [0.5, 0.6) is 0 Å². The minimum absolute atomic E-state index is 0.299. The topological polar surface area (TPSA) is 34.2 Å². The SMILES string of the molecule is CC1(C)[C@H](NCCCSc2nccs2)[C@H]2CCCO[C@H]21. The van der Waals surface area contributed by atoms with Gasteiger partial charge >= 0.3 is 0 Å². The summed E-state index contributed by atoms with van der Waals surface area (Å²) < 4.78 is 7.14. The number of hydrogen-bond acceptors (Lipinski definition) is 5. The average Bonchev–Trinajstić information content (AvgIpc) is 2.95. The summed E-state index contributed by atoms with van der Waals surface area (Å²) in [7, 11) is 0. The summed E-state index contributed by atoms with van der Waals surface area (Å²) in [6.07, 6.45) is 6.13. The van der Waals surface area contributed by atoms with Gasteiger partial charge in [0, 0.05) is 41.3 Å². The first-order valence-electron chi connectivity index (χ1n) is 7.57. The van der Waals surface area contributed by atoms with Crippen molar-refractivity contribution in [3.63, 3.8) is 0 Å². The lowest BCUT2D eigenvalue weighted by Crippen LogP contribution is -2.69. The highest BCUT2D eigenvalue weighted by molar-refractivity contribution is 8.00. The standard InChI is InChI=1S/C15H24N2OS2/c1-15(2)12(11-5-3-8-18-13(11)15)16-6-4-9-19-14-17-7-10-20-14/h7,10-13,16H,3-6,8-9H2,1-2H3/t11-,12-,13-/m1/s1. The zero-order valence-electron chi connectivity index (χ0n) is 12.3. The van der Waals surface area contributed by atoms with Crippen molar-refractivity contribution in [1.29, 1.82) is 0 Å². The molecule has 5 heteroatoms. The number of thioether (sulfide) groups is 1. The minimum atomic E-state index is 0.299. The number of fused-ring (bicyclic) bond motifs is 1. The first-order chi connectivity index (χ1) is 9.69. The summed E-state index contributed by atoms with van der Waals surface area (Å²) in [6, 6.07) is 0.637. The average molecular weight is 313 g/mol. The van der Waals surface area contributed by atoms with E-state index in [1.807, 2.05) is 23.3 Å². The van der Waals surface area contributed by atoms with E-state index in [1.54, 1.807) is 11.3 Å². The first kappa shape index (κ1) is 14.8. The summed E-state index contributed by atoms with van der Waals surface area (Å²) in [4.78, 5) is 4.30. The summed E-state index contributed by atoms with van der Waals surface area (Å²) in [5.41, 5.74) is 0.299. The highest BCUT2D eigenvalue weighted by Gasteiger charge is 2.57. The van der Waals surface area contributed by atoms with Gasteiger partial charge in [-0.05, 0) is 25.8 Å². The van der Waals surface area contributed by atoms with E-state index in [4.69, 9.17) is 4.74 Å². The Kier molecular flexibility index (Phi) is 4.70. The fourth-order valence-electron chi connectivity index (χ4n) is 3.71. The zero-order chi connectivity index (χ0) is 14.0. The maximum atomic E-state index is 5.95. The Morgan fingerprint density at radius 3 is 3.25 bits per heavy atom. The predicted molar refractivity (Wildman–Crippen MR) is 85.5 cm³/mol. The Morgan fingerprint density at radius 1 is 1.55 bits per heavy atom. The molecule has 3 atom stereocenters. The van der Waals surface area contributed by atoms with Gasteiger partial charge in [-0.1, -0.05) is 25.6 Å². The number of hydrogen-bond donors (Lipinski definition) is 1. The molecule has 1 aromatic heterocycles. The van der Waals surface area contributed by atoms with Gasteiger partial charge in [0.25, 0.3) is 0 Å². The van der Waals surface area contributed by atoms with Crippen LogP contribution in [0, 0.1) is 11.3 Å². The van der Waals surface area contributed by atoms with Crippen LogP contribution >= 0.6 is 23.1 Å². The van der Waals surface area contributed by atoms with E-state index < -0.39 is 0 Å². The molecule has 1 aromatic rings. The highest BCUT2D eigenvalue weighted by atomic mass is 32.2. The normalized spacial score (nSPS) is 31.6. The van der Waals surface area contributed by atoms with E-state index in [0.29, 0.717) is 17.6 Å². The summed E-state index contributed by atoms with van der Waals surface area (Å²) in [6.45, 7) is 6.76. The Labute approximate surface area is 129 Å². The lowest BCUT2D eigenvalue weighted by Gasteiger charge is -2.60. The molecular weight excluding hydrogens is 288 g/mol. The Hall–Kier alpha value is -0.100. The summed E-state index contributed by atoms with van der Waals surface area (Å²) in [5.74, 6) is 1.89. The third-order valence-corrected chi connectivity index (χ3v) is 6.70. The molecule has 1 aliphatic heterocycles. The van der Waals surface area contributed by atoms with Gasteiger partial charge in [0.1, 0.15) is 4.34 Å². The van der Waals surface area contributed by atoms with Crippen molar-refractivity contribution in [2.24, 2.45) is 11.3 Å². The Morgan fingerprint density at radius 2 is 2.45 bits per heavy atom. The fourth-order valence-corrected chi connectivity index (χ4v) is 5.36. The van der Waals surface area contributed by atoms with E-state index in [2.05, 4.69) is 24.1 Å². The molecule has 0 bridgehead atoms. The minimum Gasteiger partial charge on any atom is -0.377 e. The molecule has 112 valence electrons. The van der Waals surface area contributed by atoms with Crippen LogP contribution in [0.1, 0.15) is 33.1 Å². The van der Waals surface area contributed by atoms with Crippen LogP contribution < -0.4 is 5.32 Å². The molecule has 1 saturated heterocycles. The molecule has 3 nitrogen and oxygen atoms in total. The van der Waals surface area contributed by atoms with Crippen molar-refractivity contribution in [3.8, 4) is 0 Å². The second-order valence-corrected chi connectivity index (χ2v) is 8.59. The quantitative estimate of drug-likeness (QED) is 0.645. The summed E-state index contributed by atoms with van der Waals surface area (Å²) in [5, 5.41) is 5.82. The van der Waals surface area contributed by atoms with Gasteiger partial charge in [-0.25, -0.2) is 4.98 Å². The number of nitrogens with zero attached hydrogens (tertiary/aromatic N) is 1. The number of nitrogens with one attached hydrogen (secondary N) is 1. The van der Waals surface area contributed by atoms with E-state index in [0.717, 1.165) is 24.8 Å². The molecule has 1 aliphatic carbocycles. The van der Waals surface area contributed by atoms with Gasteiger partial charge in [-0.2, -0.15) is 0 Å². The molecule has 1 saturated carbocycles. The number of rotatable bonds is 6. The number of ether oxygens (including phenoxy) is 1. The van der Waals surface area contributed by atoms with Gasteiger partial charge in [0.15, 0.2) is 0 Å². The van der Waals surface area contributed by atoms with Crippen LogP contribution in [0.15, 0.2) is 15.9 Å². The molecular formula is C15H24N2OS2. The molecule has 0 amide bonds. The highest BCUT2D eigenvalue weighted by Crippen LogP contribution is 2.51. The third kappa shape index (κ3) is 2.91. The molecule has 3 rings (SSSR count). The molecule has 0 unspecified atom stereocenters. The largest absolute Gasteiger partial charge is 0.377 e. The van der Waals surface area contributed by atoms with Crippen LogP contribution in [0.25, 0.3) is 0 Å². The predicted octanol–water partition coefficient (Wildman–Crippen LogP) is 3.42. The van der Waals surface area contributed by atoms with Gasteiger partial charge in [-0.3, -0.25) is 0 Å². The summed E-state index contributed by atoms with van der Waals surface area (Å²) >= 11 is 3.60. The fraction of sp³-hybridized carbons (Fsp3) is 0.800.